The molecule has 0 spiro atoms. The molecule has 1 aliphatic rings. The van der Waals surface area contributed by atoms with Gasteiger partial charge in [0, 0.05) is 28.8 Å². The van der Waals surface area contributed by atoms with E-state index >= 15 is 0 Å². The van der Waals surface area contributed by atoms with E-state index in [4.69, 9.17) is 24.2 Å². The van der Waals surface area contributed by atoms with Crippen LogP contribution >= 0.6 is 0 Å². The molecule has 0 saturated heterocycles. The van der Waals surface area contributed by atoms with Gasteiger partial charge in [0.1, 0.15) is 18.5 Å². The van der Waals surface area contributed by atoms with Crippen LogP contribution in [0.2, 0.25) is 0 Å². The largest absolute Gasteiger partial charge is 0.491 e. The summed E-state index contributed by atoms with van der Waals surface area (Å²) in [5, 5.41) is 20.6. The van der Waals surface area contributed by atoms with Crippen LogP contribution < -0.4 is 25.0 Å². The van der Waals surface area contributed by atoms with Crippen molar-refractivity contribution in [2.45, 2.75) is 32.8 Å². The molecule has 2 amide bonds. The van der Waals surface area contributed by atoms with Crippen molar-refractivity contribution in [1.82, 2.24) is 5.48 Å². The van der Waals surface area contributed by atoms with Crippen molar-refractivity contribution >= 4 is 17.7 Å². The van der Waals surface area contributed by atoms with E-state index in [1.807, 2.05) is 26.0 Å². The maximum atomic E-state index is 12.9. The highest BCUT2D eigenvalue weighted by molar-refractivity contribution is 5.86. The fourth-order valence-electron chi connectivity index (χ4n) is 3.67. The molecule has 3 rings (SSSR count). The Bertz CT molecular complexity index is 1050. The first-order chi connectivity index (χ1) is 16.8. The lowest BCUT2D eigenvalue weighted by Gasteiger charge is -2.35. The van der Waals surface area contributed by atoms with Crippen molar-refractivity contribution in [1.29, 1.82) is 0 Å². The fraction of sp³-hybridized carbons (Fsp3) is 0.360. The summed E-state index contributed by atoms with van der Waals surface area (Å²) in [6.45, 7) is 3.93. The number of ether oxygens (including phenoxy) is 4. The van der Waals surface area contributed by atoms with Gasteiger partial charge in [0.25, 0.3) is 5.91 Å². The molecule has 0 bridgehead atoms. The van der Waals surface area contributed by atoms with Crippen LogP contribution in [0, 0.1) is 5.41 Å². The first kappa shape index (κ1) is 25.9. The lowest BCUT2D eigenvalue weighted by Crippen LogP contribution is -2.29. The molecular weight excluding hydrogens is 456 g/mol. The van der Waals surface area contributed by atoms with Gasteiger partial charge in [-0.05, 0) is 31.0 Å². The standard InChI is InChI=1S/C25H30N2O8/c1-25(2,12-6-5-9-22(29)27-31)23(18-7-3-4-8-19(18)32-14-13-28)35-24(30)26-17-10-11-20-21(15-17)34-16-33-20/h3-5,7-11,15,23,28,31H,6,12-14,16H2,1-2H3,(H,26,30)(H,27,29)/b9-5+/t23-/m1/s1. The minimum Gasteiger partial charge on any atom is -0.491 e. The SMILES string of the molecule is CC(C)(CC/C=C/C(=O)NO)[C@H](OC(=O)Nc1ccc2c(c1)OCO2)c1ccccc1OCCO. The molecule has 2 aromatic carbocycles. The maximum absolute atomic E-state index is 12.9. The van der Waals surface area contributed by atoms with Crippen LogP contribution in [0.5, 0.6) is 17.2 Å². The molecule has 10 nitrogen and oxygen atoms in total. The van der Waals surface area contributed by atoms with E-state index in [1.165, 1.54) is 6.08 Å². The number of para-hydroxylation sites is 1. The summed E-state index contributed by atoms with van der Waals surface area (Å²) in [4.78, 5) is 24.2. The van der Waals surface area contributed by atoms with Gasteiger partial charge in [0.05, 0.1) is 6.61 Å². The molecule has 0 aliphatic carbocycles. The third-order valence-electron chi connectivity index (χ3n) is 5.44. The Kier molecular flexibility index (Phi) is 8.93. The lowest BCUT2D eigenvalue weighted by molar-refractivity contribution is -0.124. The molecule has 4 N–H and O–H groups in total. The third-order valence-corrected chi connectivity index (χ3v) is 5.44. The van der Waals surface area contributed by atoms with Gasteiger partial charge in [0.15, 0.2) is 11.5 Å². The summed E-state index contributed by atoms with van der Waals surface area (Å²) in [6.07, 6.45) is 2.49. The summed E-state index contributed by atoms with van der Waals surface area (Å²) in [6, 6.07) is 12.2. The molecule has 0 fully saturated rings. The lowest BCUT2D eigenvalue weighted by atomic mass is 9.78. The zero-order chi connectivity index (χ0) is 25.3. The van der Waals surface area contributed by atoms with E-state index in [9.17, 15) is 14.7 Å². The smallest absolute Gasteiger partial charge is 0.412 e. The summed E-state index contributed by atoms with van der Waals surface area (Å²) in [5.74, 6) is 0.995. The number of amides is 2. The van der Waals surface area contributed by atoms with Gasteiger partial charge in [-0.3, -0.25) is 15.3 Å². The van der Waals surface area contributed by atoms with E-state index in [2.05, 4.69) is 5.32 Å². The van der Waals surface area contributed by atoms with Gasteiger partial charge in [-0.15, -0.1) is 0 Å². The molecule has 188 valence electrons. The Hall–Kier alpha value is -3.76. The van der Waals surface area contributed by atoms with Gasteiger partial charge >= 0.3 is 6.09 Å². The van der Waals surface area contributed by atoms with Crippen LogP contribution in [0.15, 0.2) is 54.6 Å². The molecule has 35 heavy (non-hydrogen) atoms. The van der Waals surface area contributed by atoms with Crippen molar-refractivity contribution in [2.24, 2.45) is 5.41 Å². The van der Waals surface area contributed by atoms with Crippen molar-refractivity contribution < 1.29 is 38.9 Å². The minimum atomic E-state index is -0.730. The third kappa shape index (κ3) is 7.11. The quantitative estimate of drug-likeness (QED) is 0.213. The second-order valence-electron chi connectivity index (χ2n) is 8.49. The molecule has 1 aliphatic heterocycles. The number of hydrogen-bond acceptors (Lipinski definition) is 8. The van der Waals surface area contributed by atoms with Gasteiger partial charge in [0.2, 0.25) is 6.79 Å². The molecule has 1 heterocycles. The summed E-state index contributed by atoms with van der Waals surface area (Å²) < 4.78 is 22.3. The molecule has 2 aromatic rings. The Balaban J connectivity index is 1.81. The van der Waals surface area contributed by atoms with Crippen molar-refractivity contribution in [3.8, 4) is 17.2 Å². The van der Waals surface area contributed by atoms with E-state index in [0.717, 1.165) is 0 Å². The predicted octanol–water partition coefficient (Wildman–Crippen LogP) is 3.94. The molecule has 10 heteroatoms. The molecule has 1 atom stereocenters. The summed E-state index contributed by atoms with van der Waals surface area (Å²) >= 11 is 0. The number of aliphatic hydroxyl groups excluding tert-OH is 1. The normalized spacial score (nSPS) is 13.4. The highest BCUT2D eigenvalue weighted by Crippen LogP contribution is 2.44. The average molecular weight is 487 g/mol. The first-order valence-electron chi connectivity index (χ1n) is 11.1. The summed E-state index contributed by atoms with van der Waals surface area (Å²) in [5.41, 5.74) is 2.08. The second-order valence-corrected chi connectivity index (χ2v) is 8.49. The zero-order valence-corrected chi connectivity index (χ0v) is 19.7. The van der Waals surface area contributed by atoms with E-state index in [1.54, 1.807) is 41.9 Å². The van der Waals surface area contributed by atoms with E-state index in [0.29, 0.717) is 41.3 Å². The predicted molar refractivity (Wildman–Crippen MR) is 127 cm³/mol. The molecule has 0 saturated carbocycles. The van der Waals surface area contributed by atoms with Gasteiger partial charge < -0.3 is 24.1 Å². The zero-order valence-electron chi connectivity index (χ0n) is 19.7. The molecule has 0 radical (unpaired) electrons. The van der Waals surface area contributed by atoms with Crippen LogP contribution in [0.3, 0.4) is 0 Å². The molecular formula is C25H30N2O8. The van der Waals surface area contributed by atoms with Crippen LogP contribution in [0.4, 0.5) is 10.5 Å². The van der Waals surface area contributed by atoms with Gasteiger partial charge in [-0.1, -0.05) is 38.1 Å². The van der Waals surface area contributed by atoms with E-state index < -0.39 is 23.5 Å². The number of benzene rings is 2. The first-order valence-corrected chi connectivity index (χ1v) is 11.1. The topological polar surface area (TPSA) is 136 Å². The Morgan fingerprint density at radius 1 is 1.17 bits per heavy atom. The van der Waals surface area contributed by atoms with E-state index in [-0.39, 0.29) is 20.0 Å². The van der Waals surface area contributed by atoms with Crippen LogP contribution in [-0.4, -0.2) is 42.3 Å². The van der Waals surface area contributed by atoms with Crippen molar-refractivity contribution in [3.05, 3.63) is 60.2 Å². The summed E-state index contributed by atoms with van der Waals surface area (Å²) in [7, 11) is 0. The monoisotopic (exact) mass is 486 g/mol. The van der Waals surface area contributed by atoms with Gasteiger partial charge in [-0.25, -0.2) is 10.3 Å². The fourth-order valence-corrected chi connectivity index (χ4v) is 3.67. The molecule has 0 aromatic heterocycles. The molecule has 0 unspecified atom stereocenters. The number of aliphatic hydroxyl groups is 1. The maximum Gasteiger partial charge on any atom is 0.412 e. The number of hydrogen-bond donors (Lipinski definition) is 4. The number of carbonyl (C=O) groups excluding carboxylic acids is 2. The number of nitrogens with one attached hydrogen (secondary N) is 2. The number of carbonyl (C=O) groups is 2. The highest BCUT2D eigenvalue weighted by atomic mass is 16.7. The minimum absolute atomic E-state index is 0.0898. The number of anilines is 1. The van der Waals surface area contributed by atoms with Crippen molar-refractivity contribution in [2.75, 3.05) is 25.3 Å². The highest BCUT2D eigenvalue weighted by Gasteiger charge is 2.36. The Labute approximate surface area is 203 Å². The van der Waals surface area contributed by atoms with Crippen LogP contribution in [0.1, 0.15) is 38.4 Å². The Morgan fingerprint density at radius 2 is 1.94 bits per heavy atom. The number of hydroxylamine groups is 1. The Morgan fingerprint density at radius 3 is 2.71 bits per heavy atom. The average Bonchev–Trinajstić information content (AvgIpc) is 3.32. The number of fused-ring (bicyclic) bond motifs is 1. The van der Waals surface area contributed by atoms with Gasteiger partial charge in [-0.2, -0.15) is 0 Å². The van der Waals surface area contributed by atoms with Crippen molar-refractivity contribution in [3.63, 3.8) is 0 Å². The number of rotatable bonds is 11. The van der Waals surface area contributed by atoms with Crippen LogP contribution in [-0.2, 0) is 9.53 Å². The van der Waals surface area contributed by atoms with Crippen LogP contribution in [0.25, 0.3) is 0 Å². The second kappa shape index (κ2) is 12.1. The number of allylic oxidation sites excluding steroid dienone is 1.